The topological polar surface area (TPSA) is 25.2 Å². The molecule has 0 bridgehead atoms. The third-order valence-corrected chi connectivity index (χ3v) is 2.74. The van der Waals surface area contributed by atoms with E-state index in [9.17, 15) is 0 Å². The fourth-order valence-electron chi connectivity index (χ4n) is 1.81. The molecule has 0 aliphatic heterocycles. The smallest absolute Gasteiger partial charge is 0.134 e. The Labute approximate surface area is 90.3 Å². The van der Waals surface area contributed by atoms with Gasteiger partial charge < -0.3 is 9.73 Å². The molecule has 2 rings (SSSR count). The van der Waals surface area contributed by atoms with E-state index >= 15 is 0 Å². The SMILES string of the molecule is CNC(C)Cc1ccc2oc(C)cc2c1. The van der Waals surface area contributed by atoms with E-state index in [0.717, 1.165) is 17.8 Å². The van der Waals surface area contributed by atoms with Gasteiger partial charge in [-0.25, -0.2) is 0 Å². The summed E-state index contributed by atoms with van der Waals surface area (Å²) in [6.45, 7) is 4.17. The molecule has 2 aromatic rings. The van der Waals surface area contributed by atoms with Crippen molar-refractivity contribution in [2.24, 2.45) is 0 Å². The van der Waals surface area contributed by atoms with Crippen LogP contribution in [0.5, 0.6) is 0 Å². The summed E-state index contributed by atoms with van der Waals surface area (Å²) in [6.07, 6.45) is 1.05. The molecule has 0 saturated carbocycles. The van der Waals surface area contributed by atoms with Crippen LogP contribution < -0.4 is 5.32 Å². The molecule has 0 aliphatic carbocycles. The predicted molar refractivity (Wildman–Crippen MR) is 63.2 cm³/mol. The summed E-state index contributed by atoms with van der Waals surface area (Å²) in [5.41, 5.74) is 2.33. The second kappa shape index (κ2) is 4.07. The van der Waals surface area contributed by atoms with Crippen molar-refractivity contribution in [2.45, 2.75) is 26.3 Å². The van der Waals surface area contributed by atoms with E-state index in [-0.39, 0.29) is 0 Å². The lowest BCUT2D eigenvalue weighted by molar-refractivity contribution is 0.578. The van der Waals surface area contributed by atoms with Crippen molar-refractivity contribution < 1.29 is 4.42 Å². The highest BCUT2D eigenvalue weighted by atomic mass is 16.3. The molecule has 0 fully saturated rings. The second-order valence-electron chi connectivity index (χ2n) is 4.12. The van der Waals surface area contributed by atoms with Crippen LogP contribution in [0.3, 0.4) is 0 Å². The first-order valence-corrected chi connectivity index (χ1v) is 5.35. The number of benzene rings is 1. The molecule has 80 valence electrons. The maximum atomic E-state index is 5.54. The van der Waals surface area contributed by atoms with Gasteiger partial charge in [0.2, 0.25) is 0 Å². The lowest BCUT2D eigenvalue weighted by Gasteiger charge is -2.09. The zero-order valence-corrected chi connectivity index (χ0v) is 9.50. The highest BCUT2D eigenvalue weighted by molar-refractivity contribution is 5.78. The van der Waals surface area contributed by atoms with Crippen LogP contribution in [0.15, 0.2) is 28.7 Å². The lowest BCUT2D eigenvalue weighted by atomic mass is 10.1. The first-order chi connectivity index (χ1) is 7.19. The molecule has 1 N–H and O–H groups in total. The average Bonchev–Trinajstić information content (AvgIpc) is 2.57. The monoisotopic (exact) mass is 203 g/mol. The van der Waals surface area contributed by atoms with Gasteiger partial charge in [0.25, 0.3) is 0 Å². The highest BCUT2D eigenvalue weighted by Crippen LogP contribution is 2.20. The molecule has 0 saturated heterocycles. The van der Waals surface area contributed by atoms with Crippen LogP contribution in [0.4, 0.5) is 0 Å². The summed E-state index contributed by atoms with van der Waals surface area (Å²) in [5.74, 6) is 0.976. The van der Waals surface area contributed by atoms with E-state index < -0.39 is 0 Å². The lowest BCUT2D eigenvalue weighted by Crippen LogP contribution is -2.23. The van der Waals surface area contributed by atoms with Gasteiger partial charge in [0, 0.05) is 11.4 Å². The minimum absolute atomic E-state index is 0.510. The van der Waals surface area contributed by atoms with Crippen LogP contribution in [-0.2, 0) is 6.42 Å². The minimum Gasteiger partial charge on any atom is -0.461 e. The van der Waals surface area contributed by atoms with Gasteiger partial charge in [-0.2, -0.15) is 0 Å². The first kappa shape index (κ1) is 10.2. The predicted octanol–water partition coefficient (Wildman–Crippen LogP) is 2.89. The van der Waals surface area contributed by atoms with Crippen LogP contribution in [0.1, 0.15) is 18.2 Å². The Bertz CT molecular complexity index is 459. The molecule has 15 heavy (non-hydrogen) atoms. The van der Waals surface area contributed by atoms with Crippen LogP contribution in [0, 0.1) is 6.92 Å². The molecule has 0 amide bonds. The summed E-state index contributed by atoms with van der Waals surface area (Å²) < 4.78 is 5.54. The average molecular weight is 203 g/mol. The Balaban J connectivity index is 2.30. The molecule has 1 aromatic carbocycles. The van der Waals surface area contributed by atoms with E-state index in [4.69, 9.17) is 4.42 Å². The van der Waals surface area contributed by atoms with Crippen molar-refractivity contribution in [3.63, 3.8) is 0 Å². The van der Waals surface area contributed by atoms with Crippen LogP contribution >= 0.6 is 0 Å². The van der Waals surface area contributed by atoms with E-state index in [1.54, 1.807) is 0 Å². The first-order valence-electron chi connectivity index (χ1n) is 5.35. The molecule has 1 unspecified atom stereocenters. The van der Waals surface area contributed by atoms with Gasteiger partial charge in [-0.15, -0.1) is 0 Å². The summed E-state index contributed by atoms with van der Waals surface area (Å²) in [5, 5.41) is 4.45. The van der Waals surface area contributed by atoms with Gasteiger partial charge >= 0.3 is 0 Å². The van der Waals surface area contributed by atoms with Crippen molar-refractivity contribution >= 4 is 11.0 Å². The highest BCUT2D eigenvalue weighted by Gasteiger charge is 2.04. The van der Waals surface area contributed by atoms with Gasteiger partial charge in [0.15, 0.2) is 0 Å². The van der Waals surface area contributed by atoms with Crippen LogP contribution in [-0.4, -0.2) is 13.1 Å². The number of furan rings is 1. The summed E-state index contributed by atoms with van der Waals surface area (Å²) in [7, 11) is 1.99. The number of fused-ring (bicyclic) bond motifs is 1. The normalized spacial score (nSPS) is 13.3. The Kier molecular flexibility index (Phi) is 2.78. The Morgan fingerprint density at radius 2 is 2.13 bits per heavy atom. The largest absolute Gasteiger partial charge is 0.461 e. The molecule has 0 aliphatic rings. The van der Waals surface area contributed by atoms with Gasteiger partial charge in [-0.1, -0.05) is 6.07 Å². The number of aryl methyl sites for hydroxylation is 1. The van der Waals surface area contributed by atoms with Crippen molar-refractivity contribution in [1.29, 1.82) is 0 Å². The second-order valence-corrected chi connectivity index (χ2v) is 4.12. The van der Waals surface area contributed by atoms with E-state index in [2.05, 4.69) is 36.5 Å². The molecular formula is C13H17NO. The molecule has 0 spiro atoms. The van der Waals surface area contributed by atoms with E-state index in [1.807, 2.05) is 14.0 Å². The molecule has 1 atom stereocenters. The number of rotatable bonds is 3. The standard InChI is InChI=1S/C13H17NO/c1-9(14-3)6-11-4-5-13-12(8-11)7-10(2)15-13/h4-5,7-9,14H,6H2,1-3H3. The third kappa shape index (κ3) is 2.21. The Morgan fingerprint density at radius 1 is 1.33 bits per heavy atom. The number of hydrogen-bond donors (Lipinski definition) is 1. The Hall–Kier alpha value is -1.28. The molecule has 0 radical (unpaired) electrons. The summed E-state index contributed by atoms with van der Waals surface area (Å²) >= 11 is 0. The van der Waals surface area contributed by atoms with Crippen molar-refractivity contribution in [1.82, 2.24) is 5.32 Å². The van der Waals surface area contributed by atoms with Crippen molar-refractivity contribution in [3.8, 4) is 0 Å². The van der Waals surface area contributed by atoms with Gasteiger partial charge in [0.05, 0.1) is 0 Å². The summed E-state index contributed by atoms with van der Waals surface area (Å²) in [6, 6.07) is 9.00. The van der Waals surface area contributed by atoms with E-state index in [1.165, 1.54) is 10.9 Å². The van der Waals surface area contributed by atoms with Crippen LogP contribution in [0.25, 0.3) is 11.0 Å². The molecule has 2 nitrogen and oxygen atoms in total. The Morgan fingerprint density at radius 3 is 2.87 bits per heavy atom. The molecule has 1 aromatic heterocycles. The number of likely N-dealkylation sites (N-methyl/N-ethyl adjacent to an activating group) is 1. The van der Waals surface area contributed by atoms with Crippen molar-refractivity contribution in [3.05, 3.63) is 35.6 Å². The molecule has 2 heteroatoms. The maximum Gasteiger partial charge on any atom is 0.134 e. The van der Waals surface area contributed by atoms with Crippen LogP contribution in [0.2, 0.25) is 0 Å². The number of nitrogens with one attached hydrogen (secondary N) is 1. The fraction of sp³-hybridized carbons (Fsp3) is 0.385. The van der Waals surface area contributed by atoms with Gasteiger partial charge in [0.1, 0.15) is 11.3 Å². The molecule has 1 heterocycles. The number of hydrogen-bond acceptors (Lipinski definition) is 2. The maximum absolute atomic E-state index is 5.54. The quantitative estimate of drug-likeness (QED) is 0.829. The third-order valence-electron chi connectivity index (χ3n) is 2.74. The van der Waals surface area contributed by atoms with E-state index in [0.29, 0.717) is 6.04 Å². The zero-order valence-electron chi connectivity index (χ0n) is 9.50. The van der Waals surface area contributed by atoms with Crippen molar-refractivity contribution in [2.75, 3.05) is 7.05 Å². The van der Waals surface area contributed by atoms with Gasteiger partial charge in [-0.05, 0) is 51.1 Å². The molecular weight excluding hydrogens is 186 g/mol. The zero-order chi connectivity index (χ0) is 10.8. The summed E-state index contributed by atoms with van der Waals surface area (Å²) in [4.78, 5) is 0. The fourth-order valence-corrected chi connectivity index (χ4v) is 1.81. The van der Waals surface area contributed by atoms with Gasteiger partial charge in [-0.3, -0.25) is 0 Å². The minimum atomic E-state index is 0.510.